The van der Waals surface area contributed by atoms with E-state index in [-0.39, 0.29) is 12.4 Å². The quantitative estimate of drug-likeness (QED) is 0.796. The molecule has 5 heteroatoms. The van der Waals surface area contributed by atoms with Crippen LogP contribution < -0.4 is 10.6 Å². The number of halogens is 1. The maximum absolute atomic E-state index is 13.0. The molecule has 0 unspecified atom stereocenters. The molecule has 2 aromatic carbocycles. The van der Waals surface area contributed by atoms with E-state index in [1.807, 2.05) is 26.0 Å². The number of hydrogen-bond donors (Lipinski definition) is 2. The molecule has 0 saturated heterocycles. The number of benzene rings is 2. The van der Waals surface area contributed by atoms with Crippen LogP contribution in [0, 0.1) is 5.82 Å². The van der Waals surface area contributed by atoms with Gasteiger partial charge < -0.3 is 10.6 Å². The highest BCUT2D eigenvalue weighted by Gasteiger charge is 2.23. The molecule has 4 nitrogen and oxygen atoms in total. The van der Waals surface area contributed by atoms with E-state index < -0.39 is 17.2 Å². The van der Waals surface area contributed by atoms with Crippen LogP contribution in [0.4, 0.5) is 10.1 Å². The summed E-state index contributed by atoms with van der Waals surface area (Å²) < 4.78 is 13.0. The molecule has 0 saturated carbocycles. The SMILES string of the molecule is CC(C)c1ccc(NC(=O)C(=O)NCC(C)(C)c2ccc(F)cc2)cc1. The molecule has 0 aliphatic rings. The van der Waals surface area contributed by atoms with Gasteiger partial charge in [0, 0.05) is 17.6 Å². The Morgan fingerprint density at radius 2 is 1.54 bits per heavy atom. The molecule has 0 heterocycles. The highest BCUT2D eigenvalue weighted by Crippen LogP contribution is 2.22. The summed E-state index contributed by atoms with van der Waals surface area (Å²) in [6.07, 6.45) is 0. The lowest BCUT2D eigenvalue weighted by Gasteiger charge is -2.25. The van der Waals surface area contributed by atoms with E-state index in [0.717, 1.165) is 11.1 Å². The van der Waals surface area contributed by atoms with Crippen molar-refractivity contribution in [2.45, 2.75) is 39.0 Å². The predicted octanol–water partition coefficient (Wildman–Crippen LogP) is 3.98. The summed E-state index contributed by atoms with van der Waals surface area (Å²) in [5, 5.41) is 5.23. The van der Waals surface area contributed by atoms with E-state index in [1.165, 1.54) is 12.1 Å². The second-order valence-corrected chi connectivity index (χ2v) is 7.30. The molecule has 0 bridgehead atoms. The highest BCUT2D eigenvalue weighted by atomic mass is 19.1. The van der Waals surface area contributed by atoms with Crippen molar-refractivity contribution >= 4 is 17.5 Å². The fraction of sp³-hybridized carbons (Fsp3) is 0.333. The average molecular weight is 356 g/mol. The molecule has 0 spiro atoms. The second kappa shape index (κ2) is 8.13. The van der Waals surface area contributed by atoms with E-state index >= 15 is 0 Å². The predicted molar refractivity (Wildman–Crippen MR) is 102 cm³/mol. The first-order chi connectivity index (χ1) is 12.2. The molecule has 0 aliphatic carbocycles. The zero-order chi connectivity index (χ0) is 19.3. The number of nitrogens with one attached hydrogen (secondary N) is 2. The van der Waals surface area contributed by atoms with Crippen molar-refractivity contribution in [2.75, 3.05) is 11.9 Å². The third kappa shape index (κ3) is 5.15. The van der Waals surface area contributed by atoms with Crippen molar-refractivity contribution in [1.82, 2.24) is 5.32 Å². The minimum Gasteiger partial charge on any atom is -0.347 e. The summed E-state index contributed by atoms with van der Waals surface area (Å²) in [6.45, 7) is 8.27. The Kier molecular flexibility index (Phi) is 6.14. The lowest BCUT2D eigenvalue weighted by molar-refractivity contribution is -0.136. The van der Waals surface area contributed by atoms with Gasteiger partial charge in [-0.25, -0.2) is 4.39 Å². The van der Waals surface area contributed by atoms with Crippen molar-refractivity contribution in [3.63, 3.8) is 0 Å². The van der Waals surface area contributed by atoms with Crippen molar-refractivity contribution < 1.29 is 14.0 Å². The van der Waals surface area contributed by atoms with Gasteiger partial charge >= 0.3 is 11.8 Å². The van der Waals surface area contributed by atoms with Crippen molar-refractivity contribution in [3.8, 4) is 0 Å². The van der Waals surface area contributed by atoms with Gasteiger partial charge in [-0.1, -0.05) is 52.0 Å². The molecule has 0 aliphatic heterocycles. The van der Waals surface area contributed by atoms with E-state index in [2.05, 4.69) is 24.5 Å². The third-order valence-corrected chi connectivity index (χ3v) is 4.36. The van der Waals surface area contributed by atoms with Gasteiger partial charge in [-0.05, 0) is 41.3 Å². The summed E-state index contributed by atoms with van der Waals surface area (Å²) in [6, 6.07) is 13.5. The summed E-state index contributed by atoms with van der Waals surface area (Å²) in [4.78, 5) is 24.1. The van der Waals surface area contributed by atoms with Crippen LogP contribution in [0.3, 0.4) is 0 Å². The van der Waals surface area contributed by atoms with E-state index in [0.29, 0.717) is 11.6 Å². The Morgan fingerprint density at radius 3 is 2.08 bits per heavy atom. The topological polar surface area (TPSA) is 58.2 Å². The highest BCUT2D eigenvalue weighted by molar-refractivity contribution is 6.39. The summed E-state index contributed by atoms with van der Waals surface area (Å²) in [5.74, 6) is -1.32. The van der Waals surface area contributed by atoms with Crippen LogP contribution in [0.25, 0.3) is 0 Å². The lowest BCUT2D eigenvalue weighted by Crippen LogP contribution is -2.42. The van der Waals surface area contributed by atoms with Gasteiger partial charge in [0.25, 0.3) is 0 Å². The van der Waals surface area contributed by atoms with Crippen molar-refractivity contribution in [3.05, 3.63) is 65.5 Å². The normalized spacial score (nSPS) is 11.3. The molecule has 138 valence electrons. The van der Waals surface area contributed by atoms with E-state index in [4.69, 9.17) is 0 Å². The second-order valence-electron chi connectivity index (χ2n) is 7.30. The first-order valence-corrected chi connectivity index (χ1v) is 8.64. The van der Waals surface area contributed by atoms with Crippen LogP contribution in [0.2, 0.25) is 0 Å². The maximum atomic E-state index is 13.0. The van der Waals surface area contributed by atoms with Gasteiger partial charge in [0.15, 0.2) is 0 Å². The average Bonchev–Trinajstić information content (AvgIpc) is 2.60. The first-order valence-electron chi connectivity index (χ1n) is 8.64. The summed E-state index contributed by atoms with van der Waals surface area (Å²) in [7, 11) is 0. The Labute approximate surface area is 153 Å². The third-order valence-electron chi connectivity index (χ3n) is 4.36. The Morgan fingerprint density at radius 1 is 0.962 bits per heavy atom. The Hall–Kier alpha value is -2.69. The smallest absolute Gasteiger partial charge is 0.313 e. The van der Waals surface area contributed by atoms with Crippen LogP contribution in [0.1, 0.15) is 44.7 Å². The molecule has 26 heavy (non-hydrogen) atoms. The number of anilines is 1. The van der Waals surface area contributed by atoms with Crippen molar-refractivity contribution in [2.24, 2.45) is 0 Å². The zero-order valence-electron chi connectivity index (χ0n) is 15.6. The molecule has 2 aromatic rings. The van der Waals surface area contributed by atoms with Gasteiger partial charge in [0.1, 0.15) is 5.82 Å². The number of amides is 2. The number of hydrogen-bond acceptors (Lipinski definition) is 2. The monoisotopic (exact) mass is 356 g/mol. The fourth-order valence-electron chi connectivity index (χ4n) is 2.52. The Bertz CT molecular complexity index is 766. The number of carbonyl (C=O) groups excluding carboxylic acids is 2. The van der Waals surface area contributed by atoms with Crippen LogP contribution in [0.15, 0.2) is 48.5 Å². The number of rotatable bonds is 5. The molecule has 0 fully saturated rings. The summed E-state index contributed by atoms with van der Waals surface area (Å²) >= 11 is 0. The molecule has 2 N–H and O–H groups in total. The van der Waals surface area contributed by atoms with Crippen molar-refractivity contribution in [1.29, 1.82) is 0 Å². The molecule has 0 atom stereocenters. The molecular weight excluding hydrogens is 331 g/mol. The molecule has 2 amide bonds. The Balaban J connectivity index is 1.92. The summed E-state index contributed by atoms with van der Waals surface area (Å²) in [5.41, 5.74) is 2.19. The van der Waals surface area contributed by atoms with Crippen LogP contribution in [0.5, 0.6) is 0 Å². The van der Waals surface area contributed by atoms with Gasteiger partial charge in [0.05, 0.1) is 0 Å². The molecular formula is C21H25FN2O2. The molecule has 0 radical (unpaired) electrons. The minimum atomic E-state index is -0.711. The van der Waals surface area contributed by atoms with Gasteiger partial charge in [-0.3, -0.25) is 9.59 Å². The van der Waals surface area contributed by atoms with Crippen LogP contribution in [-0.2, 0) is 15.0 Å². The van der Waals surface area contributed by atoms with Crippen LogP contribution >= 0.6 is 0 Å². The first kappa shape index (κ1) is 19.6. The van der Waals surface area contributed by atoms with Gasteiger partial charge in [-0.2, -0.15) is 0 Å². The standard InChI is InChI=1S/C21H25FN2O2/c1-14(2)15-5-11-18(12-6-15)24-20(26)19(25)23-13-21(3,4)16-7-9-17(22)10-8-16/h5-12,14H,13H2,1-4H3,(H,23,25)(H,24,26). The lowest BCUT2D eigenvalue weighted by atomic mass is 9.84. The van der Waals surface area contributed by atoms with Crippen LogP contribution in [-0.4, -0.2) is 18.4 Å². The molecule has 2 rings (SSSR count). The van der Waals surface area contributed by atoms with Gasteiger partial charge in [0.2, 0.25) is 0 Å². The minimum absolute atomic E-state index is 0.261. The van der Waals surface area contributed by atoms with Gasteiger partial charge in [-0.15, -0.1) is 0 Å². The fourth-order valence-corrected chi connectivity index (χ4v) is 2.52. The van der Waals surface area contributed by atoms with E-state index in [9.17, 15) is 14.0 Å². The largest absolute Gasteiger partial charge is 0.347 e. The molecule has 0 aromatic heterocycles. The maximum Gasteiger partial charge on any atom is 0.313 e. The zero-order valence-corrected chi connectivity index (χ0v) is 15.6. The number of carbonyl (C=O) groups is 2. The van der Waals surface area contributed by atoms with E-state index in [1.54, 1.807) is 24.3 Å².